The van der Waals surface area contributed by atoms with Gasteiger partial charge in [-0.15, -0.1) is 5.92 Å². The Labute approximate surface area is 133 Å². The Balaban J connectivity index is 1.67. The summed E-state index contributed by atoms with van der Waals surface area (Å²) < 4.78 is 5.49. The Morgan fingerprint density at radius 2 is 1.43 bits per heavy atom. The number of hydrogen-bond acceptors (Lipinski definition) is 1. The van der Waals surface area contributed by atoms with E-state index in [0.29, 0.717) is 0 Å². The third kappa shape index (κ3) is 11.8. The van der Waals surface area contributed by atoms with Crippen LogP contribution in [0.15, 0.2) is 0 Å². The van der Waals surface area contributed by atoms with Crippen molar-refractivity contribution >= 4 is 0 Å². The Hall–Kier alpha value is -0.480. The van der Waals surface area contributed by atoms with Crippen molar-refractivity contribution in [3.8, 4) is 11.8 Å². The highest BCUT2D eigenvalue weighted by Gasteiger charge is 2.13. The van der Waals surface area contributed by atoms with Gasteiger partial charge in [0.05, 0.1) is 0 Å². The van der Waals surface area contributed by atoms with E-state index in [2.05, 4.69) is 18.8 Å². The third-order valence-electron chi connectivity index (χ3n) is 4.35. The van der Waals surface area contributed by atoms with Gasteiger partial charge in [-0.1, -0.05) is 64.2 Å². The van der Waals surface area contributed by atoms with E-state index < -0.39 is 0 Å². The Bertz CT molecular complexity index is 269. The standard InChI is InChI=1S/C20H36O/c1-2-18-21-19-13-11-9-7-5-3-4-6-8-10-12-15-20-16-14-17-20/h20H,2-11,13-14,16-19H2,1H3. The van der Waals surface area contributed by atoms with Crippen LogP contribution >= 0.6 is 0 Å². The lowest BCUT2D eigenvalue weighted by molar-refractivity contribution is 0.130. The summed E-state index contributed by atoms with van der Waals surface area (Å²) in [7, 11) is 0. The van der Waals surface area contributed by atoms with Gasteiger partial charge in [-0.05, 0) is 32.1 Å². The van der Waals surface area contributed by atoms with E-state index in [1.54, 1.807) is 0 Å². The monoisotopic (exact) mass is 292 g/mol. The summed E-state index contributed by atoms with van der Waals surface area (Å²) in [6, 6.07) is 0. The smallest absolute Gasteiger partial charge is 0.0466 e. The molecule has 1 fully saturated rings. The largest absolute Gasteiger partial charge is 0.381 e. The van der Waals surface area contributed by atoms with Gasteiger partial charge in [0.15, 0.2) is 0 Å². The van der Waals surface area contributed by atoms with E-state index in [4.69, 9.17) is 4.74 Å². The summed E-state index contributed by atoms with van der Waals surface area (Å²) in [6.45, 7) is 4.07. The first-order valence-electron chi connectivity index (χ1n) is 9.49. The van der Waals surface area contributed by atoms with Crippen molar-refractivity contribution in [3.63, 3.8) is 0 Å². The molecule has 1 rings (SSSR count). The molecule has 0 amide bonds. The van der Waals surface area contributed by atoms with E-state index in [1.807, 2.05) is 0 Å². The molecule has 0 saturated heterocycles. The Kier molecular flexibility index (Phi) is 12.8. The van der Waals surface area contributed by atoms with E-state index in [0.717, 1.165) is 32.0 Å². The number of hydrogen-bond donors (Lipinski definition) is 0. The minimum atomic E-state index is 0.761. The van der Waals surface area contributed by atoms with Gasteiger partial charge >= 0.3 is 0 Å². The normalized spacial score (nSPS) is 14.5. The summed E-state index contributed by atoms with van der Waals surface area (Å²) in [4.78, 5) is 0. The third-order valence-corrected chi connectivity index (χ3v) is 4.35. The zero-order chi connectivity index (χ0) is 15.0. The molecule has 1 saturated carbocycles. The van der Waals surface area contributed by atoms with Gasteiger partial charge < -0.3 is 4.74 Å². The van der Waals surface area contributed by atoms with Crippen molar-refractivity contribution in [1.82, 2.24) is 0 Å². The highest BCUT2D eigenvalue weighted by atomic mass is 16.5. The maximum atomic E-state index is 5.49. The van der Waals surface area contributed by atoms with Crippen molar-refractivity contribution in [3.05, 3.63) is 0 Å². The van der Waals surface area contributed by atoms with E-state index in [9.17, 15) is 0 Å². The molecule has 0 radical (unpaired) electrons. The van der Waals surface area contributed by atoms with E-state index >= 15 is 0 Å². The van der Waals surface area contributed by atoms with Gasteiger partial charge in [0, 0.05) is 25.6 Å². The summed E-state index contributed by atoms with van der Waals surface area (Å²) >= 11 is 0. The Morgan fingerprint density at radius 1 is 0.810 bits per heavy atom. The van der Waals surface area contributed by atoms with E-state index in [1.165, 1.54) is 77.0 Å². The molecule has 1 nitrogen and oxygen atoms in total. The summed E-state index contributed by atoms with van der Waals surface area (Å²) in [5, 5.41) is 0. The second-order valence-electron chi connectivity index (χ2n) is 6.49. The van der Waals surface area contributed by atoms with Crippen molar-refractivity contribution < 1.29 is 4.74 Å². The molecule has 0 aromatic carbocycles. The van der Waals surface area contributed by atoms with Gasteiger partial charge in [-0.25, -0.2) is 0 Å². The van der Waals surface area contributed by atoms with Crippen LogP contribution in [0.2, 0.25) is 0 Å². The molecule has 0 bridgehead atoms. The SMILES string of the molecule is CCCOCCCCCCCCCCCC#CC1CCC1. The molecule has 122 valence electrons. The molecule has 1 aliphatic rings. The quantitative estimate of drug-likeness (QED) is 0.293. The average Bonchev–Trinajstić information content (AvgIpc) is 2.45. The molecular formula is C20H36O. The van der Waals surface area contributed by atoms with Crippen LogP contribution < -0.4 is 0 Å². The molecule has 0 heterocycles. The summed E-state index contributed by atoms with van der Waals surface area (Å²) in [6.07, 6.45) is 18.7. The molecule has 0 unspecified atom stereocenters. The second-order valence-corrected chi connectivity index (χ2v) is 6.49. The number of ether oxygens (including phenoxy) is 1. The zero-order valence-corrected chi connectivity index (χ0v) is 14.3. The zero-order valence-electron chi connectivity index (χ0n) is 14.3. The second kappa shape index (κ2) is 14.5. The fourth-order valence-electron chi connectivity index (χ4n) is 2.67. The van der Waals surface area contributed by atoms with E-state index in [-0.39, 0.29) is 0 Å². The lowest BCUT2D eigenvalue weighted by Crippen LogP contribution is -2.07. The van der Waals surface area contributed by atoms with Crippen molar-refractivity contribution in [2.24, 2.45) is 5.92 Å². The van der Waals surface area contributed by atoms with Crippen molar-refractivity contribution in [1.29, 1.82) is 0 Å². The topological polar surface area (TPSA) is 9.23 Å². The Morgan fingerprint density at radius 3 is 2.00 bits per heavy atom. The minimum absolute atomic E-state index is 0.761. The average molecular weight is 293 g/mol. The minimum Gasteiger partial charge on any atom is -0.381 e. The van der Waals surface area contributed by atoms with Gasteiger partial charge in [-0.3, -0.25) is 0 Å². The lowest BCUT2D eigenvalue weighted by atomic mass is 9.86. The molecule has 1 aliphatic carbocycles. The highest BCUT2D eigenvalue weighted by Crippen LogP contribution is 2.25. The molecule has 0 N–H and O–H groups in total. The molecule has 21 heavy (non-hydrogen) atoms. The van der Waals surface area contributed by atoms with Crippen molar-refractivity contribution in [2.45, 2.75) is 96.8 Å². The van der Waals surface area contributed by atoms with Crippen LogP contribution in [-0.4, -0.2) is 13.2 Å². The maximum Gasteiger partial charge on any atom is 0.0466 e. The summed E-state index contributed by atoms with van der Waals surface area (Å²) in [5.74, 6) is 7.53. The maximum absolute atomic E-state index is 5.49. The first-order chi connectivity index (χ1) is 10.4. The predicted molar refractivity (Wildman–Crippen MR) is 92.4 cm³/mol. The van der Waals surface area contributed by atoms with Crippen LogP contribution in [0.1, 0.15) is 96.8 Å². The fraction of sp³-hybridized carbons (Fsp3) is 0.900. The number of unbranched alkanes of at least 4 members (excludes halogenated alkanes) is 9. The molecular weight excluding hydrogens is 256 g/mol. The lowest BCUT2D eigenvalue weighted by Gasteiger charge is -2.18. The summed E-state index contributed by atoms with van der Waals surface area (Å²) in [5.41, 5.74) is 0. The van der Waals surface area contributed by atoms with Crippen molar-refractivity contribution in [2.75, 3.05) is 13.2 Å². The van der Waals surface area contributed by atoms with Gasteiger partial charge in [0.2, 0.25) is 0 Å². The molecule has 0 aliphatic heterocycles. The molecule has 0 aromatic heterocycles. The highest BCUT2D eigenvalue weighted by molar-refractivity contribution is 5.06. The van der Waals surface area contributed by atoms with Crippen LogP contribution in [0.5, 0.6) is 0 Å². The predicted octanol–water partition coefficient (Wildman–Crippen LogP) is 6.12. The van der Waals surface area contributed by atoms with Gasteiger partial charge in [-0.2, -0.15) is 0 Å². The fourth-order valence-corrected chi connectivity index (χ4v) is 2.67. The van der Waals surface area contributed by atoms with Crippen LogP contribution in [0.3, 0.4) is 0 Å². The first-order valence-corrected chi connectivity index (χ1v) is 9.49. The van der Waals surface area contributed by atoms with Crippen LogP contribution in [0.25, 0.3) is 0 Å². The van der Waals surface area contributed by atoms with Crippen LogP contribution in [0, 0.1) is 17.8 Å². The van der Waals surface area contributed by atoms with Gasteiger partial charge in [0.25, 0.3) is 0 Å². The molecule has 0 atom stereocenters. The van der Waals surface area contributed by atoms with Gasteiger partial charge in [0.1, 0.15) is 0 Å². The van der Waals surface area contributed by atoms with Crippen LogP contribution in [-0.2, 0) is 4.74 Å². The first kappa shape index (κ1) is 18.6. The number of rotatable bonds is 13. The molecule has 0 aromatic rings. The molecule has 1 heteroatoms. The molecule has 0 spiro atoms. The van der Waals surface area contributed by atoms with Crippen LogP contribution in [0.4, 0.5) is 0 Å².